The Labute approximate surface area is 200 Å². The second-order valence-electron chi connectivity index (χ2n) is 7.96. The average molecular weight is 513 g/mol. The Hall–Kier alpha value is -2.76. The molecule has 2 heterocycles. The quantitative estimate of drug-likeness (QED) is 0.464. The van der Waals surface area contributed by atoms with Crippen LogP contribution in [0.5, 0.6) is 11.5 Å². The maximum Gasteiger partial charge on any atom is 0.419 e. The fourth-order valence-electron chi connectivity index (χ4n) is 3.69. The third kappa shape index (κ3) is 5.48. The van der Waals surface area contributed by atoms with E-state index in [9.17, 15) is 21.6 Å². The molecule has 0 amide bonds. The Kier molecular flexibility index (Phi) is 6.79. The molecule has 2 aromatic carbocycles. The average Bonchev–Trinajstić information content (AvgIpc) is 3.43. The van der Waals surface area contributed by atoms with Gasteiger partial charge in [-0.2, -0.15) is 13.2 Å². The highest BCUT2D eigenvalue weighted by Crippen LogP contribution is 2.39. The molecule has 0 saturated carbocycles. The highest BCUT2D eigenvalue weighted by Gasteiger charge is 2.36. The molecule has 1 fully saturated rings. The van der Waals surface area contributed by atoms with Gasteiger partial charge in [0.05, 0.1) is 18.4 Å². The van der Waals surface area contributed by atoms with Crippen molar-refractivity contribution >= 4 is 27.0 Å². The second-order valence-corrected chi connectivity index (χ2v) is 10.9. The summed E-state index contributed by atoms with van der Waals surface area (Å²) in [4.78, 5) is 2.67. The molecule has 0 bridgehead atoms. The minimum absolute atomic E-state index is 0.00863. The summed E-state index contributed by atoms with van der Waals surface area (Å²) in [5, 5.41) is 0. The van der Waals surface area contributed by atoms with Crippen molar-refractivity contribution in [3.8, 4) is 21.9 Å². The summed E-state index contributed by atoms with van der Waals surface area (Å²) >= 11 is 1.05. The zero-order valence-electron chi connectivity index (χ0n) is 18.4. The predicted octanol–water partition coefficient (Wildman–Crippen LogP) is 5.33. The molecule has 1 saturated heterocycles. The third-order valence-corrected chi connectivity index (χ3v) is 8.39. The maximum atomic E-state index is 13.5. The molecule has 1 N–H and O–H groups in total. The molecule has 1 atom stereocenters. The number of likely N-dealkylation sites (tertiary alicyclic amines) is 1. The van der Waals surface area contributed by atoms with Crippen molar-refractivity contribution in [2.24, 2.45) is 0 Å². The number of thiophene rings is 1. The molecule has 0 unspecified atom stereocenters. The lowest BCUT2D eigenvalue weighted by molar-refractivity contribution is -0.139. The fourth-order valence-corrected chi connectivity index (χ4v) is 6.04. The second kappa shape index (κ2) is 9.47. The van der Waals surface area contributed by atoms with Crippen LogP contribution < -0.4 is 14.2 Å². The van der Waals surface area contributed by atoms with Crippen molar-refractivity contribution < 1.29 is 31.1 Å². The summed E-state index contributed by atoms with van der Waals surface area (Å²) in [6.45, 7) is 1.21. The summed E-state index contributed by atoms with van der Waals surface area (Å²) in [7, 11) is -0.623. The standard InChI is InChI=1S/C23H23F3N2O4S2/c1-28-11-10-18(14-28)32-20-13-16(6-7-19(20)23(24,25)26)27-34(29,30)22-9-8-21(33-22)15-4-3-5-17(12-15)31-2/h3-9,12-13,18,27H,10-11,14H2,1-2H3/t18-/m1/s1. The number of ether oxygens (including phenoxy) is 2. The number of hydrogen-bond donors (Lipinski definition) is 1. The first-order chi connectivity index (χ1) is 16.0. The molecule has 0 aliphatic carbocycles. The van der Waals surface area contributed by atoms with Gasteiger partial charge in [0.15, 0.2) is 0 Å². The lowest BCUT2D eigenvalue weighted by atomic mass is 10.1. The number of anilines is 1. The number of sulfonamides is 1. The van der Waals surface area contributed by atoms with Gasteiger partial charge >= 0.3 is 6.18 Å². The molecule has 1 aromatic heterocycles. The Bertz CT molecular complexity index is 1280. The normalized spacial score (nSPS) is 17.0. The molecule has 0 spiro atoms. The molecule has 0 radical (unpaired) electrons. The van der Waals surface area contributed by atoms with Gasteiger partial charge in [0.2, 0.25) is 0 Å². The van der Waals surface area contributed by atoms with Gasteiger partial charge in [-0.3, -0.25) is 4.72 Å². The van der Waals surface area contributed by atoms with Crippen LogP contribution in [0.15, 0.2) is 58.8 Å². The summed E-state index contributed by atoms with van der Waals surface area (Å²) in [5.74, 6) is 0.246. The van der Waals surface area contributed by atoms with E-state index in [1.807, 2.05) is 18.0 Å². The van der Waals surface area contributed by atoms with E-state index < -0.39 is 33.6 Å². The highest BCUT2D eigenvalue weighted by atomic mass is 32.2. The third-order valence-electron chi connectivity index (χ3n) is 5.38. The monoisotopic (exact) mass is 512 g/mol. The topological polar surface area (TPSA) is 67.9 Å². The number of hydrogen-bond acceptors (Lipinski definition) is 6. The van der Waals surface area contributed by atoms with Crippen molar-refractivity contribution in [3.63, 3.8) is 0 Å². The van der Waals surface area contributed by atoms with Crippen LogP contribution in [0.2, 0.25) is 0 Å². The Morgan fingerprint density at radius 1 is 1.12 bits per heavy atom. The van der Waals surface area contributed by atoms with Crippen LogP contribution in [0.3, 0.4) is 0 Å². The van der Waals surface area contributed by atoms with Crippen LogP contribution in [0.1, 0.15) is 12.0 Å². The summed E-state index contributed by atoms with van der Waals surface area (Å²) < 4.78 is 79.7. The Balaban J connectivity index is 1.59. The van der Waals surface area contributed by atoms with Gasteiger partial charge in [0, 0.05) is 24.0 Å². The van der Waals surface area contributed by atoms with Gasteiger partial charge in [0.25, 0.3) is 10.0 Å². The van der Waals surface area contributed by atoms with Crippen molar-refractivity contribution in [1.29, 1.82) is 0 Å². The predicted molar refractivity (Wildman–Crippen MR) is 125 cm³/mol. The number of halogens is 3. The van der Waals surface area contributed by atoms with Crippen LogP contribution >= 0.6 is 11.3 Å². The van der Waals surface area contributed by atoms with E-state index in [1.165, 1.54) is 6.07 Å². The number of nitrogens with one attached hydrogen (secondary N) is 1. The van der Waals surface area contributed by atoms with Crippen LogP contribution in [0, 0.1) is 0 Å². The molecule has 1 aliphatic heterocycles. The number of alkyl halides is 3. The zero-order chi connectivity index (χ0) is 24.5. The van der Waals surface area contributed by atoms with Crippen LogP contribution in [-0.2, 0) is 16.2 Å². The van der Waals surface area contributed by atoms with E-state index >= 15 is 0 Å². The molecular weight excluding hydrogens is 489 g/mol. The van der Waals surface area contributed by atoms with E-state index in [-0.39, 0.29) is 9.90 Å². The number of rotatable bonds is 7. The molecule has 182 valence electrons. The molecule has 4 rings (SSSR count). The molecule has 34 heavy (non-hydrogen) atoms. The summed E-state index contributed by atoms with van der Waals surface area (Å²) in [5.41, 5.74) is -0.162. The van der Waals surface area contributed by atoms with Crippen LogP contribution in [0.25, 0.3) is 10.4 Å². The zero-order valence-corrected chi connectivity index (χ0v) is 20.1. The number of benzene rings is 2. The van der Waals surface area contributed by atoms with Gasteiger partial charge in [-0.1, -0.05) is 12.1 Å². The number of nitrogens with zero attached hydrogens (tertiary/aromatic N) is 1. The van der Waals surface area contributed by atoms with Crippen LogP contribution in [0.4, 0.5) is 18.9 Å². The van der Waals surface area contributed by atoms with Crippen molar-refractivity contribution in [1.82, 2.24) is 4.90 Å². The molecular formula is C23H23F3N2O4S2. The van der Waals surface area contributed by atoms with Gasteiger partial charge in [0.1, 0.15) is 21.8 Å². The van der Waals surface area contributed by atoms with Crippen molar-refractivity contribution in [3.05, 3.63) is 60.2 Å². The SMILES string of the molecule is COc1cccc(-c2ccc(S(=O)(=O)Nc3ccc(C(F)(F)F)c(O[C@@H]4CCN(C)C4)c3)s2)c1. The molecule has 3 aromatic rings. The lowest BCUT2D eigenvalue weighted by Gasteiger charge is -2.19. The molecule has 6 nitrogen and oxygen atoms in total. The van der Waals surface area contributed by atoms with Gasteiger partial charge in [-0.15, -0.1) is 11.3 Å². The van der Waals surface area contributed by atoms with E-state index in [0.717, 1.165) is 35.1 Å². The lowest BCUT2D eigenvalue weighted by Crippen LogP contribution is -2.23. The van der Waals surface area contributed by atoms with E-state index in [0.29, 0.717) is 30.1 Å². The summed E-state index contributed by atoms with van der Waals surface area (Å²) in [6.07, 6.45) is -4.44. The maximum absolute atomic E-state index is 13.5. The van der Waals surface area contributed by atoms with Crippen molar-refractivity contribution in [2.45, 2.75) is 22.9 Å². The fraction of sp³-hybridized carbons (Fsp3) is 0.304. The van der Waals surface area contributed by atoms with E-state index in [4.69, 9.17) is 9.47 Å². The largest absolute Gasteiger partial charge is 0.497 e. The number of methoxy groups -OCH3 is 1. The van der Waals surface area contributed by atoms with Gasteiger partial charge in [-0.05, 0) is 55.4 Å². The number of likely N-dealkylation sites (N-methyl/N-ethyl adjacent to an activating group) is 1. The van der Waals surface area contributed by atoms with Crippen molar-refractivity contribution in [2.75, 3.05) is 32.0 Å². The first kappa shape index (κ1) is 24.4. The Morgan fingerprint density at radius 3 is 2.59 bits per heavy atom. The minimum Gasteiger partial charge on any atom is -0.497 e. The van der Waals surface area contributed by atoms with Gasteiger partial charge in [-0.25, -0.2) is 8.42 Å². The molecule has 11 heteroatoms. The summed E-state index contributed by atoms with van der Waals surface area (Å²) in [6, 6.07) is 13.3. The van der Waals surface area contributed by atoms with E-state index in [1.54, 1.807) is 31.4 Å². The van der Waals surface area contributed by atoms with E-state index in [2.05, 4.69) is 4.72 Å². The first-order valence-electron chi connectivity index (χ1n) is 10.4. The molecule has 1 aliphatic rings. The van der Waals surface area contributed by atoms with Crippen LogP contribution in [-0.4, -0.2) is 46.7 Å². The van der Waals surface area contributed by atoms with Gasteiger partial charge < -0.3 is 14.4 Å². The Morgan fingerprint density at radius 2 is 1.91 bits per heavy atom. The highest BCUT2D eigenvalue weighted by molar-refractivity contribution is 7.94. The minimum atomic E-state index is -4.63. The smallest absolute Gasteiger partial charge is 0.419 e. The first-order valence-corrected chi connectivity index (χ1v) is 12.7.